The summed E-state index contributed by atoms with van der Waals surface area (Å²) in [5.74, 6) is 0.619. The highest BCUT2D eigenvalue weighted by Crippen LogP contribution is 2.56. The van der Waals surface area contributed by atoms with Gasteiger partial charge in [0.05, 0.1) is 12.2 Å². The van der Waals surface area contributed by atoms with Crippen LogP contribution in [-0.2, 0) is 15.9 Å². The van der Waals surface area contributed by atoms with Gasteiger partial charge >= 0.3 is 0 Å². The van der Waals surface area contributed by atoms with Crippen molar-refractivity contribution in [2.45, 2.75) is 50.7 Å². The Morgan fingerprint density at radius 2 is 2.11 bits per heavy atom. The van der Waals surface area contributed by atoms with Crippen LogP contribution in [0.3, 0.4) is 0 Å². The maximum Gasteiger partial charge on any atom is 0.102 e. The van der Waals surface area contributed by atoms with Crippen LogP contribution in [0.25, 0.3) is 0 Å². The number of fused-ring (bicyclic) bond motifs is 1. The fraction of sp³-hybridized carbons (Fsp3) is 0.647. The minimum absolute atomic E-state index is 0.00344. The van der Waals surface area contributed by atoms with Gasteiger partial charge in [-0.1, -0.05) is 30.3 Å². The molecule has 19 heavy (non-hydrogen) atoms. The highest BCUT2D eigenvalue weighted by atomic mass is 16.6. The molecule has 2 heteroatoms. The van der Waals surface area contributed by atoms with E-state index in [1.165, 1.54) is 12.0 Å². The van der Waals surface area contributed by atoms with Crippen molar-refractivity contribution in [2.24, 2.45) is 5.92 Å². The Morgan fingerprint density at radius 1 is 1.32 bits per heavy atom. The Bertz CT molecular complexity index is 430. The highest BCUT2D eigenvalue weighted by Gasteiger charge is 2.64. The molecular weight excluding hydrogens is 236 g/mol. The molecule has 2 nitrogen and oxygen atoms in total. The van der Waals surface area contributed by atoms with Crippen LogP contribution in [0, 0.1) is 5.92 Å². The van der Waals surface area contributed by atoms with Gasteiger partial charge in [0.25, 0.3) is 0 Å². The number of hydrogen-bond donors (Lipinski definition) is 0. The number of benzene rings is 1. The Kier molecular flexibility index (Phi) is 3.40. The first-order valence-electron chi connectivity index (χ1n) is 7.52. The van der Waals surface area contributed by atoms with Crippen molar-refractivity contribution in [3.63, 3.8) is 0 Å². The van der Waals surface area contributed by atoms with Gasteiger partial charge in [-0.15, -0.1) is 0 Å². The zero-order valence-electron chi connectivity index (χ0n) is 12.0. The summed E-state index contributed by atoms with van der Waals surface area (Å²) >= 11 is 0. The molecular formula is C17H24O2. The summed E-state index contributed by atoms with van der Waals surface area (Å²) in [5.41, 5.74) is 1.28. The fourth-order valence-electron chi connectivity index (χ4n) is 3.84. The molecule has 104 valence electrons. The van der Waals surface area contributed by atoms with Gasteiger partial charge in [-0.25, -0.2) is 0 Å². The summed E-state index contributed by atoms with van der Waals surface area (Å²) in [4.78, 5) is 0. The van der Waals surface area contributed by atoms with Gasteiger partial charge in [-0.05, 0) is 45.1 Å². The lowest BCUT2D eigenvalue weighted by molar-refractivity contribution is -0.191. The third-order valence-electron chi connectivity index (χ3n) is 5.16. The molecule has 3 atom stereocenters. The summed E-state index contributed by atoms with van der Waals surface area (Å²) in [6, 6.07) is 10.7. The molecule has 1 aromatic rings. The Balaban J connectivity index is 1.72. The van der Waals surface area contributed by atoms with E-state index in [1.807, 2.05) is 0 Å². The third-order valence-corrected chi connectivity index (χ3v) is 5.16. The van der Waals surface area contributed by atoms with Gasteiger partial charge < -0.3 is 9.47 Å². The van der Waals surface area contributed by atoms with Gasteiger partial charge in [0, 0.05) is 12.5 Å². The van der Waals surface area contributed by atoms with Gasteiger partial charge in [0.15, 0.2) is 0 Å². The first kappa shape index (κ1) is 13.1. The quantitative estimate of drug-likeness (QED) is 0.805. The van der Waals surface area contributed by atoms with Crippen molar-refractivity contribution in [3.05, 3.63) is 35.9 Å². The van der Waals surface area contributed by atoms with E-state index in [2.05, 4.69) is 44.2 Å². The van der Waals surface area contributed by atoms with Gasteiger partial charge in [-0.2, -0.15) is 0 Å². The number of hydrogen-bond acceptors (Lipinski definition) is 2. The molecule has 0 N–H and O–H groups in total. The van der Waals surface area contributed by atoms with Gasteiger partial charge in [-0.3, -0.25) is 0 Å². The zero-order chi connectivity index (χ0) is 13.3. The third kappa shape index (κ3) is 2.02. The molecule has 0 amide bonds. The molecule has 0 radical (unpaired) electrons. The van der Waals surface area contributed by atoms with Crippen molar-refractivity contribution in [1.29, 1.82) is 0 Å². The summed E-state index contributed by atoms with van der Waals surface area (Å²) in [7, 11) is 0. The van der Waals surface area contributed by atoms with Crippen LogP contribution in [0.15, 0.2) is 30.3 Å². The summed E-state index contributed by atoms with van der Waals surface area (Å²) in [5, 5.41) is 0. The number of aryl methyl sites for hydroxylation is 1. The maximum absolute atomic E-state index is 6.18. The van der Waals surface area contributed by atoms with Crippen LogP contribution in [0.1, 0.15) is 38.7 Å². The van der Waals surface area contributed by atoms with Crippen LogP contribution < -0.4 is 0 Å². The van der Waals surface area contributed by atoms with Crippen LogP contribution in [0.4, 0.5) is 0 Å². The molecule has 2 fully saturated rings. The second-order valence-corrected chi connectivity index (χ2v) is 6.09. The highest BCUT2D eigenvalue weighted by molar-refractivity contribution is 5.18. The van der Waals surface area contributed by atoms with Crippen LogP contribution in [0.5, 0.6) is 0 Å². The average Bonchev–Trinajstić information content (AvgIpc) is 2.59. The van der Waals surface area contributed by atoms with Crippen molar-refractivity contribution >= 4 is 0 Å². The largest absolute Gasteiger partial charge is 0.372 e. The van der Waals surface area contributed by atoms with Crippen molar-refractivity contribution in [1.82, 2.24) is 0 Å². The van der Waals surface area contributed by atoms with E-state index in [1.54, 1.807) is 0 Å². The number of ether oxygens (including phenoxy) is 2. The number of rotatable bonds is 5. The van der Waals surface area contributed by atoms with E-state index in [4.69, 9.17) is 9.47 Å². The van der Waals surface area contributed by atoms with E-state index in [0.29, 0.717) is 5.92 Å². The lowest BCUT2D eigenvalue weighted by Gasteiger charge is -2.51. The van der Waals surface area contributed by atoms with E-state index < -0.39 is 0 Å². The molecule has 3 rings (SSSR count). The Hall–Kier alpha value is -0.860. The van der Waals surface area contributed by atoms with Crippen molar-refractivity contribution < 1.29 is 9.47 Å². The molecule has 1 aliphatic heterocycles. The molecule has 1 aromatic carbocycles. The Labute approximate surface area is 116 Å². The van der Waals surface area contributed by atoms with Crippen LogP contribution in [-0.4, -0.2) is 24.4 Å². The second-order valence-electron chi connectivity index (χ2n) is 6.09. The molecule has 0 unspecified atom stereocenters. The van der Waals surface area contributed by atoms with Gasteiger partial charge in [0.2, 0.25) is 0 Å². The SMILES string of the molecule is CCO[C@@]12CC[C@@H]1CO[C@@]2(C)CCc1ccccc1. The monoisotopic (exact) mass is 260 g/mol. The van der Waals surface area contributed by atoms with E-state index in [-0.39, 0.29) is 11.2 Å². The van der Waals surface area contributed by atoms with E-state index in [9.17, 15) is 0 Å². The second kappa shape index (κ2) is 4.92. The molecule has 0 spiro atoms. The van der Waals surface area contributed by atoms with E-state index >= 15 is 0 Å². The molecule has 0 aromatic heterocycles. The predicted octanol–water partition coefficient (Wildman–Crippen LogP) is 3.59. The average molecular weight is 260 g/mol. The summed E-state index contributed by atoms with van der Waals surface area (Å²) in [6.45, 7) is 6.02. The molecule has 1 saturated heterocycles. The van der Waals surface area contributed by atoms with E-state index in [0.717, 1.165) is 32.5 Å². The standard InChI is InChI=1S/C17H24O2/c1-3-18-17-12-10-15(17)13-19-16(17,2)11-9-14-7-5-4-6-8-14/h4-8,15H,3,9-13H2,1-2H3/t15-,16+,17+/m1/s1. The fourth-order valence-corrected chi connectivity index (χ4v) is 3.84. The zero-order valence-corrected chi connectivity index (χ0v) is 12.0. The molecule has 2 aliphatic rings. The lowest BCUT2D eigenvalue weighted by Crippen LogP contribution is -2.60. The smallest absolute Gasteiger partial charge is 0.102 e. The normalized spacial score (nSPS) is 36.8. The van der Waals surface area contributed by atoms with Crippen LogP contribution >= 0.6 is 0 Å². The van der Waals surface area contributed by atoms with Gasteiger partial charge in [0.1, 0.15) is 5.60 Å². The topological polar surface area (TPSA) is 18.5 Å². The molecule has 0 bridgehead atoms. The molecule has 1 saturated carbocycles. The lowest BCUT2D eigenvalue weighted by atomic mass is 9.62. The Morgan fingerprint density at radius 3 is 2.74 bits per heavy atom. The minimum Gasteiger partial charge on any atom is -0.372 e. The van der Waals surface area contributed by atoms with Crippen molar-refractivity contribution in [3.8, 4) is 0 Å². The molecule has 1 aliphatic carbocycles. The summed E-state index contributed by atoms with van der Waals surface area (Å²) < 4.78 is 12.3. The van der Waals surface area contributed by atoms with Crippen molar-refractivity contribution in [2.75, 3.05) is 13.2 Å². The van der Waals surface area contributed by atoms with Crippen LogP contribution in [0.2, 0.25) is 0 Å². The first-order chi connectivity index (χ1) is 9.20. The summed E-state index contributed by atoms with van der Waals surface area (Å²) in [6.07, 6.45) is 4.55. The minimum atomic E-state index is -0.109. The first-order valence-corrected chi connectivity index (χ1v) is 7.52. The maximum atomic E-state index is 6.18. The molecule has 1 heterocycles. The predicted molar refractivity (Wildman–Crippen MR) is 76.2 cm³/mol.